The Kier molecular flexibility index (Phi) is 5.87. The van der Waals surface area contributed by atoms with E-state index >= 15 is 0 Å². The zero-order valence-electron chi connectivity index (χ0n) is 12.3. The number of anilines is 1. The molecule has 1 aromatic rings. The van der Waals surface area contributed by atoms with Crippen molar-refractivity contribution in [1.82, 2.24) is 0 Å². The summed E-state index contributed by atoms with van der Waals surface area (Å²) < 4.78 is 5.28. The minimum atomic E-state index is 0.499. The molecule has 0 unspecified atom stereocenters. The van der Waals surface area contributed by atoms with Crippen LogP contribution in [0.4, 0.5) is 5.69 Å². The van der Waals surface area contributed by atoms with Crippen molar-refractivity contribution in [3.63, 3.8) is 0 Å². The molecule has 20 heavy (non-hydrogen) atoms. The Hall–Kier alpha value is -1.55. The lowest BCUT2D eigenvalue weighted by Crippen LogP contribution is -2.23. The summed E-state index contributed by atoms with van der Waals surface area (Å²) in [4.78, 5) is 4.34. The summed E-state index contributed by atoms with van der Waals surface area (Å²) in [6, 6.07) is 6.47. The lowest BCUT2D eigenvalue weighted by molar-refractivity contribution is 0.144. The summed E-state index contributed by atoms with van der Waals surface area (Å²) in [5, 5.41) is 3.17. The number of ether oxygens (including phenoxy) is 1. The van der Waals surface area contributed by atoms with Gasteiger partial charge in [0.05, 0.1) is 0 Å². The number of guanidine groups is 1. The second kappa shape index (κ2) is 7.90. The Balaban J connectivity index is 1.74. The number of nitrogens with zero attached hydrogens (tertiary/aromatic N) is 1. The average molecular weight is 275 g/mol. The minimum absolute atomic E-state index is 0.499. The maximum Gasteiger partial charge on any atom is 0.193 e. The highest BCUT2D eigenvalue weighted by atomic mass is 16.5. The third-order valence-corrected chi connectivity index (χ3v) is 3.55. The maximum atomic E-state index is 5.90. The maximum absolute atomic E-state index is 5.90. The average Bonchev–Trinajstić information content (AvgIpc) is 2.90. The summed E-state index contributed by atoms with van der Waals surface area (Å²) >= 11 is 0. The minimum Gasteiger partial charge on any atom is -0.382 e. The molecule has 0 radical (unpaired) electrons. The first-order valence-electron chi connectivity index (χ1n) is 7.56. The zero-order chi connectivity index (χ0) is 14.2. The third kappa shape index (κ3) is 4.53. The Morgan fingerprint density at radius 3 is 3.00 bits per heavy atom. The molecule has 110 valence electrons. The number of aliphatic imine (C=N–C) groups is 1. The molecule has 0 saturated heterocycles. The topological polar surface area (TPSA) is 59.6 Å². The molecule has 0 fully saturated rings. The van der Waals surface area contributed by atoms with E-state index in [1.165, 1.54) is 30.4 Å². The second-order valence-corrected chi connectivity index (χ2v) is 5.13. The number of rotatable bonds is 7. The van der Waals surface area contributed by atoms with E-state index in [-0.39, 0.29) is 0 Å². The van der Waals surface area contributed by atoms with Gasteiger partial charge in [-0.3, -0.25) is 4.99 Å². The van der Waals surface area contributed by atoms with E-state index in [2.05, 4.69) is 28.5 Å². The fourth-order valence-electron chi connectivity index (χ4n) is 2.50. The predicted octanol–water partition coefficient (Wildman–Crippen LogP) is 2.72. The Morgan fingerprint density at radius 1 is 1.30 bits per heavy atom. The van der Waals surface area contributed by atoms with E-state index in [0.717, 1.165) is 38.3 Å². The number of hydrogen-bond donors (Lipinski definition) is 2. The van der Waals surface area contributed by atoms with Gasteiger partial charge in [0.1, 0.15) is 0 Å². The van der Waals surface area contributed by atoms with E-state index in [9.17, 15) is 0 Å². The molecule has 0 spiro atoms. The van der Waals surface area contributed by atoms with Crippen LogP contribution in [0.25, 0.3) is 0 Å². The molecule has 1 aromatic carbocycles. The van der Waals surface area contributed by atoms with Gasteiger partial charge in [-0.25, -0.2) is 0 Å². The van der Waals surface area contributed by atoms with Gasteiger partial charge in [-0.1, -0.05) is 6.07 Å². The molecule has 0 atom stereocenters. The van der Waals surface area contributed by atoms with Crippen molar-refractivity contribution in [2.75, 3.05) is 25.1 Å². The molecule has 0 bridgehead atoms. The van der Waals surface area contributed by atoms with Crippen molar-refractivity contribution >= 4 is 11.6 Å². The molecule has 0 aromatic heterocycles. The van der Waals surface area contributed by atoms with Crippen LogP contribution in [0.3, 0.4) is 0 Å². The molecule has 1 aliphatic carbocycles. The lowest BCUT2D eigenvalue weighted by Gasteiger charge is -2.08. The smallest absolute Gasteiger partial charge is 0.193 e. The van der Waals surface area contributed by atoms with E-state index in [0.29, 0.717) is 5.96 Å². The summed E-state index contributed by atoms with van der Waals surface area (Å²) in [7, 11) is 0. The fourth-order valence-corrected chi connectivity index (χ4v) is 2.50. The molecule has 0 saturated carbocycles. The van der Waals surface area contributed by atoms with E-state index in [1.54, 1.807) is 0 Å². The fraction of sp³-hybridized carbons (Fsp3) is 0.562. The highest BCUT2D eigenvalue weighted by molar-refractivity contribution is 5.92. The summed E-state index contributed by atoms with van der Waals surface area (Å²) in [6.07, 6.45) is 5.69. The number of nitrogens with one attached hydrogen (secondary N) is 1. The van der Waals surface area contributed by atoms with Gasteiger partial charge in [-0.2, -0.15) is 0 Å². The van der Waals surface area contributed by atoms with Gasteiger partial charge in [0, 0.05) is 25.4 Å². The number of aryl methyl sites for hydroxylation is 2. The molecule has 0 amide bonds. The molecule has 0 aliphatic heterocycles. The number of fused-ring (bicyclic) bond motifs is 1. The van der Waals surface area contributed by atoms with Crippen molar-refractivity contribution in [2.45, 2.75) is 39.0 Å². The molecule has 0 heterocycles. The molecule has 3 N–H and O–H groups in total. The van der Waals surface area contributed by atoms with E-state index in [4.69, 9.17) is 10.5 Å². The van der Waals surface area contributed by atoms with Crippen LogP contribution in [0.15, 0.2) is 23.2 Å². The number of nitrogens with two attached hydrogens (primary N) is 1. The first-order valence-corrected chi connectivity index (χ1v) is 7.56. The van der Waals surface area contributed by atoms with Gasteiger partial charge >= 0.3 is 0 Å². The van der Waals surface area contributed by atoms with Gasteiger partial charge < -0.3 is 15.8 Å². The largest absolute Gasteiger partial charge is 0.382 e. The summed E-state index contributed by atoms with van der Waals surface area (Å²) in [6.45, 7) is 4.35. The Bertz CT molecular complexity index is 457. The molecular weight excluding hydrogens is 250 g/mol. The van der Waals surface area contributed by atoms with Crippen LogP contribution in [-0.4, -0.2) is 25.7 Å². The van der Waals surface area contributed by atoms with Crippen molar-refractivity contribution in [3.8, 4) is 0 Å². The number of unbranched alkanes of at least 4 members (excludes halogenated alkanes) is 1. The third-order valence-electron chi connectivity index (χ3n) is 3.55. The SMILES string of the molecule is CCOCCCCN=C(N)Nc1ccc2c(c1)CCC2. The highest BCUT2D eigenvalue weighted by Gasteiger charge is 2.10. The van der Waals surface area contributed by atoms with Gasteiger partial charge in [0.2, 0.25) is 0 Å². The van der Waals surface area contributed by atoms with Gasteiger partial charge in [0.15, 0.2) is 5.96 Å². The normalized spacial score (nSPS) is 14.3. The summed E-state index contributed by atoms with van der Waals surface area (Å²) in [5.74, 6) is 0.499. The molecule has 1 aliphatic rings. The van der Waals surface area contributed by atoms with Crippen LogP contribution in [0, 0.1) is 0 Å². The number of benzene rings is 1. The van der Waals surface area contributed by atoms with Crippen LogP contribution >= 0.6 is 0 Å². The van der Waals surface area contributed by atoms with Gasteiger partial charge in [-0.15, -0.1) is 0 Å². The van der Waals surface area contributed by atoms with Crippen LogP contribution in [0.2, 0.25) is 0 Å². The Morgan fingerprint density at radius 2 is 2.15 bits per heavy atom. The zero-order valence-corrected chi connectivity index (χ0v) is 12.3. The van der Waals surface area contributed by atoms with Crippen molar-refractivity contribution < 1.29 is 4.74 Å². The van der Waals surface area contributed by atoms with Crippen molar-refractivity contribution in [2.24, 2.45) is 10.7 Å². The first-order chi connectivity index (χ1) is 9.79. The van der Waals surface area contributed by atoms with Gasteiger partial charge in [0.25, 0.3) is 0 Å². The van der Waals surface area contributed by atoms with E-state index in [1.807, 2.05) is 6.92 Å². The highest BCUT2D eigenvalue weighted by Crippen LogP contribution is 2.24. The monoisotopic (exact) mass is 275 g/mol. The molecule has 4 nitrogen and oxygen atoms in total. The molecule has 4 heteroatoms. The predicted molar refractivity (Wildman–Crippen MR) is 84.3 cm³/mol. The molecular formula is C16H25N3O. The van der Waals surface area contributed by atoms with Crippen molar-refractivity contribution in [3.05, 3.63) is 29.3 Å². The Labute approximate surface area is 121 Å². The lowest BCUT2D eigenvalue weighted by atomic mass is 10.1. The van der Waals surface area contributed by atoms with Crippen LogP contribution in [-0.2, 0) is 17.6 Å². The quantitative estimate of drug-likeness (QED) is 0.457. The van der Waals surface area contributed by atoms with E-state index < -0.39 is 0 Å². The van der Waals surface area contributed by atoms with Crippen LogP contribution < -0.4 is 11.1 Å². The van der Waals surface area contributed by atoms with Crippen LogP contribution in [0.5, 0.6) is 0 Å². The van der Waals surface area contributed by atoms with Gasteiger partial charge in [-0.05, 0) is 62.3 Å². The van der Waals surface area contributed by atoms with Crippen molar-refractivity contribution in [1.29, 1.82) is 0 Å². The molecule has 2 rings (SSSR count). The standard InChI is InChI=1S/C16H25N3O/c1-2-20-11-4-3-10-18-16(17)19-15-9-8-13-6-5-7-14(13)12-15/h8-9,12H,2-7,10-11H2,1H3,(H3,17,18,19). The van der Waals surface area contributed by atoms with Crippen LogP contribution in [0.1, 0.15) is 37.3 Å². The second-order valence-electron chi connectivity index (χ2n) is 5.13. The summed E-state index contributed by atoms with van der Waals surface area (Å²) in [5.41, 5.74) is 9.86. The first kappa shape index (κ1) is 14.9. The number of hydrogen-bond acceptors (Lipinski definition) is 2.